The number of hydrogen-bond donors (Lipinski definition) is 1. The lowest BCUT2D eigenvalue weighted by Crippen LogP contribution is -2.32. The maximum Gasteiger partial charge on any atom is 0.252 e. The third-order valence-electron chi connectivity index (χ3n) is 3.08. The van der Waals surface area contributed by atoms with Gasteiger partial charge in [0, 0.05) is 13.0 Å². The molecule has 0 unspecified atom stereocenters. The Morgan fingerprint density at radius 1 is 1.22 bits per heavy atom. The molecule has 2 rings (SSSR count). The van der Waals surface area contributed by atoms with Crippen molar-refractivity contribution in [2.45, 2.75) is 25.3 Å². The van der Waals surface area contributed by atoms with E-state index in [1.807, 2.05) is 30.3 Å². The fourth-order valence-electron chi connectivity index (χ4n) is 2.04. The zero-order chi connectivity index (χ0) is 12.8. The van der Waals surface area contributed by atoms with Gasteiger partial charge in [-0.25, -0.2) is 0 Å². The van der Waals surface area contributed by atoms with Gasteiger partial charge in [-0.15, -0.1) is 0 Å². The molecule has 4 nitrogen and oxygen atoms in total. The predicted octanol–water partition coefficient (Wildman–Crippen LogP) is 1.21. The number of nitrogens with two attached hydrogens (primary N) is 1. The lowest BCUT2D eigenvalue weighted by atomic mass is 10.1. The molecule has 0 aromatic heterocycles. The Morgan fingerprint density at radius 3 is 2.72 bits per heavy atom. The molecule has 1 aliphatic rings. The van der Waals surface area contributed by atoms with Crippen molar-refractivity contribution >= 4 is 12.2 Å². The van der Waals surface area contributed by atoms with Crippen LogP contribution in [-0.4, -0.2) is 36.3 Å². The number of amides is 1. The van der Waals surface area contributed by atoms with E-state index >= 15 is 0 Å². The first kappa shape index (κ1) is 12.8. The van der Waals surface area contributed by atoms with Gasteiger partial charge in [0.15, 0.2) is 0 Å². The number of aliphatic imine (C=N–C) groups is 1. The molecular formula is C14H19N3O. The van der Waals surface area contributed by atoms with Gasteiger partial charge >= 0.3 is 0 Å². The summed E-state index contributed by atoms with van der Waals surface area (Å²) in [6.07, 6.45) is 4.24. The van der Waals surface area contributed by atoms with Crippen molar-refractivity contribution in [2.75, 3.05) is 13.1 Å². The van der Waals surface area contributed by atoms with Crippen LogP contribution in [0.15, 0.2) is 35.3 Å². The molecule has 18 heavy (non-hydrogen) atoms. The van der Waals surface area contributed by atoms with Gasteiger partial charge in [0.05, 0.1) is 6.34 Å². The standard InChI is InChI=1S/C14H19N3O/c15-8-4-5-9-17-11-16-13(14(17)18)10-12-6-2-1-3-7-12/h1-3,6-7,11,13H,4-5,8-10,15H2/t13-/m0/s1. The number of rotatable bonds is 6. The van der Waals surface area contributed by atoms with Crippen molar-refractivity contribution in [2.24, 2.45) is 10.7 Å². The number of benzene rings is 1. The second-order valence-electron chi connectivity index (χ2n) is 4.50. The molecule has 0 saturated carbocycles. The van der Waals surface area contributed by atoms with Gasteiger partial charge in [0.25, 0.3) is 5.91 Å². The second kappa shape index (κ2) is 6.31. The van der Waals surface area contributed by atoms with Gasteiger partial charge in [0.2, 0.25) is 0 Å². The van der Waals surface area contributed by atoms with E-state index in [2.05, 4.69) is 4.99 Å². The van der Waals surface area contributed by atoms with Gasteiger partial charge in [-0.1, -0.05) is 30.3 Å². The van der Waals surface area contributed by atoms with Crippen LogP contribution in [-0.2, 0) is 11.2 Å². The average Bonchev–Trinajstić information content (AvgIpc) is 2.73. The molecule has 0 fully saturated rings. The smallest absolute Gasteiger partial charge is 0.252 e. The van der Waals surface area contributed by atoms with Crippen molar-refractivity contribution in [3.05, 3.63) is 35.9 Å². The second-order valence-corrected chi connectivity index (χ2v) is 4.50. The van der Waals surface area contributed by atoms with E-state index < -0.39 is 0 Å². The topological polar surface area (TPSA) is 58.7 Å². The fraction of sp³-hybridized carbons (Fsp3) is 0.429. The van der Waals surface area contributed by atoms with Crippen LogP contribution < -0.4 is 5.73 Å². The van der Waals surface area contributed by atoms with Crippen LogP contribution in [0.4, 0.5) is 0 Å². The van der Waals surface area contributed by atoms with Crippen molar-refractivity contribution in [1.82, 2.24) is 4.90 Å². The fourth-order valence-corrected chi connectivity index (χ4v) is 2.04. The molecule has 1 amide bonds. The maximum atomic E-state index is 12.1. The molecule has 0 radical (unpaired) electrons. The normalized spacial score (nSPS) is 18.6. The first-order valence-electron chi connectivity index (χ1n) is 6.39. The van der Waals surface area contributed by atoms with Crippen LogP contribution in [0.25, 0.3) is 0 Å². The number of unbranched alkanes of at least 4 members (excludes halogenated alkanes) is 1. The van der Waals surface area contributed by atoms with Crippen LogP contribution in [0, 0.1) is 0 Å². The summed E-state index contributed by atoms with van der Waals surface area (Å²) in [5.41, 5.74) is 6.59. The molecule has 96 valence electrons. The zero-order valence-corrected chi connectivity index (χ0v) is 10.5. The number of carbonyl (C=O) groups excluding carboxylic acids is 1. The summed E-state index contributed by atoms with van der Waals surface area (Å²) in [5, 5.41) is 0. The highest BCUT2D eigenvalue weighted by Crippen LogP contribution is 2.13. The molecule has 0 aliphatic carbocycles. The third-order valence-corrected chi connectivity index (χ3v) is 3.08. The number of nitrogens with zero attached hydrogens (tertiary/aromatic N) is 2. The zero-order valence-electron chi connectivity index (χ0n) is 10.5. The third kappa shape index (κ3) is 3.17. The average molecular weight is 245 g/mol. The lowest BCUT2D eigenvalue weighted by molar-refractivity contribution is -0.127. The van der Waals surface area contributed by atoms with E-state index in [9.17, 15) is 4.79 Å². The van der Waals surface area contributed by atoms with Gasteiger partial charge in [-0.3, -0.25) is 9.79 Å². The monoisotopic (exact) mass is 245 g/mol. The largest absolute Gasteiger partial charge is 0.330 e. The van der Waals surface area contributed by atoms with Crippen molar-refractivity contribution in [3.8, 4) is 0 Å². The molecular weight excluding hydrogens is 226 g/mol. The van der Waals surface area contributed by atoms with E-state index in [4.69, 9.17) is 5.73 Å². The van der Waals surface area contributed by atoms with E-state index in [0.717, 1.165) is 24.9 Å². The summed E-state index contributed by atoms with van der Waals surface area (Å²) in [4.78, 5) is 18.1. The summed E-state index contributed by atoms with van der Waals surface area (Å²) >= 11 is 0. The molecule has 1 aromatic rings. The summed E-state index contributed by atoms with van der Waals surface area (Å²) in [5.74, 6) is 0.107. The van der Waals surface area contributed by atoms with Gasteiger partial charge in [0.1, 0.15) is 6.04 Å². The number of hydrogen-bond acceptors (Lipinski definition) is 3. The molecule has 0 spiro atoms. The minimum Gasteiger partial charge on any atom is -0.330 e. The number of carbonyl (C=O) groups is 1. The van der Waals surface area contributed by atoms with Crippen LogP contribution >= 0.6 is 0 Å². The van der Waals surface area contributed by atoms with Gasteiger partial charge in [-0.2, -0.15) is 0 Å². The molecule has 1 atom stereocenters. The van der Waals surface area contributed by atoms with Crippen molar-refractivity contribution in [1.29, 1.82) is 0 Å². The Bertz CT molecular complexity index is 416. The molecule has 0 bridgehead atoms. The van der Waals surface area contributed by atoms with E-state index in [0.29, 0.717) is 13.0 Å². The van der Waals surface area contributed by atoms with E-state index in [1.54, 1.807) is 11.2 Å². The molecule has 4 heteroatoms. The van der Waals surface area contributed by atoms with Gasteiger partial charge in [-0.05, 0) is 24.9 Å². The highest BCUT2D eigenvalue weighted by molar-refractivity contribution is 5.96. The summed E-state index contributed by atoms with van der Waals surface area (Å²) in [7, 11) is 0. The Kier molecular flexibility index (Phi) is 4.47. The Labute approximate surface area is 108 Å². The molecule has 1 aromatic carbocycles. The first-order chi connectivity index (χ1) is 8.81. The molecule has 1 heterocycles. The van der Waals surface area contributed by atoms with E-state index in [-0.39, 0.29) is 11.9 Å². The summed E-state index contributed by atoms with van der Waals surface area (Å²) in [6, 6.07) is 9.75. The van der Waals surface area contributed by atoms with Crippen LogP contribution in [0.1, 0.15) is 18.4 Å². The van der Waals surface area contributed by atoms with Gasteiger partial charge < -0.3 is 10.6 Å². The summed E-state index contributed by atoms with van der Waals surface area (Å²) < 4.78 is 0. The van der Waals surface area contributed by atoms with Crippen molar-refractivity contribution < 1.29 is 4.79 Å². The molecule has 0 saturated heterocycles. The maximum absolute atomic E-state index is 12.1. The molecule has 2 N–H and O–H groups in total. The highest BCUT2D eigenvalue weighted by Gasteiger charge is 2.27. The van der Waals surface area contributed by atoms with E-state index in [1.165, 1.54) is 0 Å². The van der Waals surface area contributed by atoms with Crippen LogP contribution in [0.3, 0.4) is 0 Å². The van der Waals surface area contributed by atoms with Crippen LogP contribution in [0.5, 0.6) is 0 Å². The summed E-state index contributed by atoms with van der Waals surface area (Å²) in [6.45, 7) is 1.40. The van der Waals surface area contributed by atoms with Crippen LogP contribution in [0.2, 0.25) is 0 Å². The highest BCUT2D eigenvalue weighted by atomic mass is 16.2. The van der Waals surface area contributed by atoms with Crippen molar-refractivity contribution in [3.63, 3.8) is 0 Å². The predicted molar refractivity (Wildman–Crippen MR) is 72.4 cm³/mol. The minimum atomic E-state index is -0.245. The minimum absolute atomic E-state index is 0.107. The quantitative estimate of drug-likeness (QED) is 0.766. The molecule has 1 aliphatic heterocycles. The Morgan fingerprint density at radius 2 is 2.00 bits per heavy atom. The Balaban J connectivity index is 1.86. The SMILES string of the molecule is NCCCCN1C=N[C@@H](Cc2ccccc2)C1=O. The first-order valence-corrected chi connectivity index (χ1v) is 6.39. The lowest BCUT2D eigenvalue weighted by Gasteiger charge is -2.14. The Hall–Kier alpha value is -1.68.